The number of nitrogens with zero attached hydrogens (tertiary/aromatic N) is 1. The molecule has 0 spiro atoms. The Morgan fingerprint density at radius 2 is 2.03 bits per heavy atom. The van der Waals surface area contributed by atoms with E-state index in [1.165, 1.54) is 0 Å². The zero-order valence-electron chi connectivity index (χ0n) is 17.9. The van der Waals surface area contributed by atoms with Gasteiger partial charge in [0.1, 0.15) is 11.4 Å². The number of likely N-dealkylation sites (tertiary alicyclic amines) is 1. The molecule has 1 unspecified atom stereocenters. The number of carbonyl (C=O) groups excluding carboxylic acids is 3. The summed E-state index contributed by atoms with van der Waals surface area (Å²) in [5.41, 5.74) is 2.15. The van der Waals surface area contributed by atoms with Crippen LogP contribution in [0.15, 0.2) is 24.3 Å². The van der Waals surface area contributed by atoms with Crippen molar-refractivity contribution in [1.82, 2.24) is 4.90 Å². The molecule has 161 valence electrons. The largest absolute Gasteiger partial charge is 0.466 e. The van der Waals surface area contributed by atoms with E-state index in [9.17, 15) is 14.4 Å². The Labute approximate surface area is 189 Å². The molecule has 2 aliphatic rings. The van der Waals surface area contributed by atoms with Crippen molar-refractivity contribution < 1.29 is 42.4 Å². The van der Waals surface area contributed by atoms with Crippen molar-refractivity contribution >= 4 is 23.4 Å². The second kappa shape index (κ2) is 9.84. The van der Waals surface area contributed by atoms with Crippen molar-refractivity contribution in [2.75, 3.05) is 19.7 Å². The molecule has 1 fully saturated rings. The first kappa shape index (κ1) is 24.2. The molecule has 0 aromatic heterocycles. The average molecular weight is 449 g/mol. The van der Waals surface area contributed by atoms with E-state index in [0.717, 1.165) is 16.7 Å². The Kier molecular flexibility index (Phi) is 7.95. The van der Waals surface area contributed by atoms with E-state index in [1.54, 1.807) is 17.9 Å². The molecular formula is C23H28NO5V-. The molecule has 30 heavy (non-hydrogen) atoms. The molecule has 7 heteroatoms. The van der Waals surface area contributed by atoms with Crippen molar-refractivity contribution in [3.05, 3.63) is 41.5 Å². The summed E-state index contributed by atoms with van der Waals surface area (Å²) >= 11 is 0. The third-order valence-corrected chi connectivity index (χ3v) is 5.20. The molecule has 1 radical (unpaired) electrons. The zero-order valence-corrected chi connectivity index (χ0v) is 19.3. The van der Waals surface area contributed by atoms with Gasteiger partial charge in [-0.05, 0) is 52.5 Å². The summed E-state index contributed by atoms with van der Waals surface area (Å²) in [5.74, 6) is -1.08. The smallest absolute Gasteiger partial charge is 0.410 e. The number of esters is 1. The van der Waals surface area contributed by atoms with Gasteiger partial charge in [0.05, 0.1) is 12.5 Å². The number of piperidine rings is 1. The summed E-state index contributed by atoms with van der Waals surface area (Å²) in [6.45, 7) is 8.12. The minimum Gasteiger partial charge on any atom is -0.466 e. The Hall–Kier alpha value is -2.05. The maximum Gasteiger partial charge on any atom is 0.410 e. The van der Waals surface area contributed by atoms with Crippen LogP contribution >= 0.6 is 0 Å². The number of carbonyl (C=O) groups is 3. The van der Waals surface area contributed by atoms with Gasteiger partial charge in [-0.1, -0.05) is 5.57 Å². The molecular weight excluding hydrogens is 421 g/mol. The molecule has 2 atom stereocenters. The van der Waals surface area contributed by atoms with E-state index in [2.05, 4.69) is 6.07 Å². The van der Waals surface area contributed by atoms with E-state index in [4.69, 9.17) is 9.47 Å². The van der Waals surface area contributed by atoms with Crippen LogP contribution in [-0.4, -0.2) is 48.0 Å². The number of ether oxygens (including phenoxy) is 2. The summed E-state index contributed by atoms with van der Waals surface area (Å²) in [7, 11) is 0. The Morgan fingerprint density at radius 1 is 1.30 bits per heavy atom. The van der Waals surface area contributed by atoms with Crippen LogP contribution in [0.1, 0.15) is 45.2 Å². The van der Waals surface area contributed by atoms with Gasteiger partial charge >= 0.3 is 12.1 Å². The van der Waals surface area contributed by atoms with Crippen LogP contribution in [-0.2, 0) is 44.0 Å². The fourth-order valence-corrected chi connectivity index (χ4v) is 3.99. The normalized spacial score (nSPS) is 21.1. The van der Waals surface area contributed by atoms with Crippen molar-refractivity contribution in [3.63, 3.8) is 0 Å². The average Bonchev–Trinajstić information content (AvgIpc) is 2.65. The predicted molar refractivity (Wildman–Crippen MR) is 108 cm³/mol. The Bertz CT molecular complexity index is 842. The van der Waals surface area contributed by atoms with Crippen molar-refractivity contribution in [3.8, 4) is 0 Å². The Balaban J connectivity index is 0.00000320. The summed E-state index contributed by atoms with van der Waals surface area (Å²) < 4.78 is 10.8. The fourth-order valence-electron chi connectivity index (χ4n) is 3.99. The maximum atomic E-state index is 12.8. The molecule has 1 heterocycles. The molecule has 0 N–H and O–H groups in total. The molecule has 1 amide bonds. The molecule has 1 aliphatic carbocycles. The molecule has 1 aromatic rings. The van der Waals surface area contributed by atoms with Gasteiger partial charge in [-0.2, -0.15) is 24.3 Å². The number of hydrogen-bond donors (Lipinski definition) is 0. The molecule has 6 nitrogen and oxygen atoms in total. The van der Waals surface area contributed by atoms with Crippen molar-refractivity contribution in [1.29, 1.82) is 0 Å². The Morgan fingerprint density at radius 3 is 2.70 bits per heavy atom. The van der Waals surface area contributed by atoms with Gasteiger partial charge in [0, 0.05) is 31.6 Å². The monoisotopic (exact) mass is 449 g/mol. The van der Waals surface area contributed by atoms with Gasteiger partial charge < -0.3 is 14.4 Å². The van der Waals surface area contributed by atoms with E-state index < -0.39 is 17.6 Å². The number of allylic oxidation sites excluding steroid dienone is 2. The first-order valence-electron chi connectivity index (χ1n) is 10.1. The van der Waals surface area contributed by atoms with Crippen LogP contribution < -0.4 is 0 Å². The quantitative estimate of drug-likeness (QED) is 0.522. The minimum absolute atomic E-state index is 0. The summed E-state index contributed by atoms with van der Waals surface area (Å²) in [5, 5.41) is 0. The van der Waals surface area contributed by atoms with E-state index >= 15 is 0 Å². The van der Waals surface area contributed by atoms with Crippen LogP contribution in [0.4, 0.5) is 4.79 Å². The van der Waals surface area contributed by atoms with Crippen molar-refractivity contribution in [2.24, 2.45) is 11.8 Å². The molecule has 1 saturated heterocycles. The number of benzene rings is 1. The number of ketones is 1. The van der Waals surface area contributed by atoms with Gasteiger partial charge in [0.25, 0.3) is 0 Å². The van der Waals surface area contributed by atoms with Gasteiger partial charge in [-0.3, -0.25) is 9.59 Å². The van der Waals surface area contributed by atoms with E-state index in [-0.39, 0.29) is 49.4 Å². The van der Waals surface area contributed by atoms with Gasteiger partial charge in [0.15, 0.2) is 0 Å². The summed E-state index contributed by atoms with van der Waals surface area (Å²) in [4.78, 5) is 39.2. The number of amides is 1. The molecule has 1 aromatic carbocycles. The van der Waals surface area contributed by atoms with Gasteiger partial charge in [-0.15, -0.1) is 11.1 Å². The predicted octanol–water partition coefficient (Wildman–Crippen LogP) is 3.43. The summed E-state index contributed by atoms with van der Waals surface area (Å²) in [6, 6.07) is 8.61. The molecule has 0 bridgehead atoms. The van der Waals surface area contributed by atoms with Crippen LogP contribution in [0.2, 0.25) is 0 Å². The van der Waals surface area contributed by atoms with Crippen molar-refractivity contribution in [2.45, 2.75) is 46.1 Å². The minimum atomic E-state index is -0.610. The van der Waals surface area contributed by atoms with Gasteiger partial charge in [-0.25, -0.2) is 4.79 Å². The number of rotatable bonds is 3. The van der Waals surface area contributed by atoms with Crippen LogP contribution in [0.5, 0.6) is 0 Å². The second-order valence-electron chi connectivity index (χ2n) is 8.51. The first-order valence-corrected chi connectivity index (χ1v) is 10.1. The third kappa shape index (κ3) is 5.55. The second-order valence-corrected chi connectivity index (χ2v) is 8.51. The number of fused-ring (bicyclic) bond motifs is 1. The number of hydrogen-bond acceptors (Lipinski definition) is 5. The van der Waals surface area contributed by atoms with E-state index in [0.29, 0.717) is 19.4 Å². The first-order chi connectivity index (χ1) is 13.7. The standard InChI is InChI=1S/C23H28NO5.V/c1-5-28-21(26)20-14-24(22(27)29-23(2,3)4)11-10-18(20)19-13-16(25)12-15-8-6-7-9-17(15)19;/h7-9,13,18,20H,5,10-12,14H2,1-4H3;/q-1;/t18?,20-;/m0./s1. The zero-order chi connectivity index (χ0) is 21.2. The third-order valence-electron chi connectivity index (χ3n) is 5.20. The summed E-state index contributed by atoms with van der Waals surface area (Å²) in [6.07, 6.45) is 2.12. The topological polar surface area (TPSA) is 72.9 Å². The SMILES string of the molecule is CCOC(=O)[C@H]1CN(C(=O)OC(C)(C)C)CCC1C1=CC(=O)Cc2c[c-]ccc21.[V]. The maximum absolute atomic E-state index is 12.8. The fraction of sp³-hybridized carbons (Fsp3) is 0.522. The van der Waals surface area contributed by atoms with E-state index in [1.807, 2.05) is 39.0 Å². The molecule has 1 aliphatic heterocycles. The van der Waals surface area contributed by atoms with Gasteiger partial charge in [0.2, 0.25) is 0 Å². The molecule has 3 rings (SSSR count). The van der Waals surface area contributed by atoms with Crippen LogP contribution in [0.25, 0.3) is 5.57 Å². The van der Waals surface area contributed by atoms with Crippen LogP contribution in [0, 0.1) is 17.9 Å². The van der Waals surface area contributed by atoms with Crippen LogP contribution in [0.3, 0.4) is 0 Å². The molecule has 0 saturated carbocycles.